The number of nitrogens with two attached hydrogens (primary N) is 2. The maximum atomic E-state index is 12.1. The van der Waals surface area contributed by atoms with Gasteiger partial charge in [0.25, 0.3) is 5.91 Å². The first-order valence-electron chi connectivity index (χ1n) is 5.23. The summed E-state index contributed by atoms with van der Waals surface area (Å²) in [5.41, 5.74) is 11.5. The molecule has 0 fully saturated rings. The van der Waals surface area contributed by atoms with Gasteiger partial charge in [-0.2, -0.15) is 0 Å². The van der Waals surface area contributed by atoms with E-state index in [1.165, 1.54) is 4.90 Å². The van der Waals surface area contributed by atoms with E-state index in [1.54, 1.807) is 31.2 Å². The quantitative estimate of drug-likeness (QED) is 0.519. The third-order valence-corrected chi connectivity index (χ3v) is 2.30. The van der Waals surface area contributed by atoms with E-state index in [0.717, 1.165) is 0 Å². The lowest BCUT2D eigenvalue weighted by Gasteiger charge is -2.21. The highest BCUT2D eigenvalue weighted by atomic mass is 16.2. The Bertz CT molecular complexity index is 420. The zero-order chi connectivity index (χ0) is 12.8. The molecule has 0 atom stereocenters. The van der Waals surface area contributed by atoms with Crippen molar-refractivity contribution in [3.05, 3.63) is 29.8 Å². The zero-order valence-electron chi connectivity index (χ0n) is 9.64. The van der Waals surface area contributed by atoms with Crippen molar-refractivity contribution in [3.8, 4) is 0 Å². The number of hydrogen-bond acceptors (Lipinski definition) is 3. The molecule has 0 saturated heterocycles. The van der Waals surface area contributed by atoms with Crippen LogP contribution in [0.25, 0.3) is 0 Å². The van der Waals surface area contributed by atoms with Crippen LogP contribution in [0, 0.1) is 0 Å². The van der Waals surface area contributed by atoms with Crippen LogP contribution in [0.5, 0.6) is 0 Å². The van der Waals surface area contributed by atoms with Crippen molar-refractivity contribution in [2.24, 2.45) is 5.73 Å². The lowest BCUT2D eigenvalue weighted by atomic mass is 10.1. The van der Waals surface area contributed by atoms with E-state index in [1.807, 2.05) is 0 Å². The topological polar surface area (TPSA) is 101 Å². The Morgan fingerprint density at radius 2 is 2.00 bits per heavy atom. The highest BCUT2D eigenvalue weighted by molar-refractivity contribution is 5.99. The number of nitrogens with one attached hydrogen (secondary N) is 1. The number of hydrogen-bond donors (Lipinski definition) is 3. The van der Waals surface area contributed by atoms with Gasteiger partial charge >= 0.3 is 6.03 Å². The molecule has 6 heteroatoms. The van der Waals surface area contributed by atoms with Crippen molar-refractivity contribution >= 4 is 17.6 Å². The molecule has 6 nitrogen and oxygen atoms in total. The van der Waals surface area contributed by atoms with Gasteiger partial charge in [-0.1, -0.05) is 12.1 Å². The van der Waals surface area contributed by atoms with Gasteiger partial charge in [-0.05, 0) is 19.1 Å². The third-order valence-electron chi connectivity index (χ3n) is 2.30. The Kier molecular flexibility index (Phi) is 4.33. The van der Waals surface area contributed by atoms with Gasteiger partial charge in [-0.25, -0.2) is 4.79 Å². The standard InChI is InChI=1S/C11H16N4O2/c1-2-15(7-14-11(13)17)10(16)8-5-3-4-6-9(8)12/h3-6H,2,7,12H2,1H3,(H3,13,14,17). The molecule has 0 heterocycles. The Labute approximate surface area is 99.6 Å². The van der Waals surface area contributed by atoms with E-state index in [4.69, 9.17) is 11.5 Å². The molecule has 1 rings (SSSR count). The van der Waals surface area contributed by atoms with Crippen LogP contribution in [0.15, 0.2) is 24.3 Å². The number of nitrogen functional groups attached to an aromatic ring is 1. The van der Waals surface area contributed by atoms with E-state index >= 15 is 0 Å². The van der Waals surface area contributed by atoms with Gasteiger partial charge in [0, 0.05) is 12.2 Å². The smallest absolute Gasteiger partial charge is 0.313 e. The van der Waals surface area contributed by atoms with Crippen molar-refractivity contribution in [1.29, 1.82) is 0 Å². The molecule has 0 unspecified atom stereocenters. The Hall–Kier alpha value is -2.24. The molecular formula is C11H16N4O2. The van der Waals surface area contributed by atoms with Crippen LogP contribution in [0.3, 0.4) is 0 Å². The number of rotatable bonds is 4. The number of urea groups is 1. The van der Waals surface area contributed by atoms with Crippen LogP contribution < -0.4 is 16.8 Å². The fourth-order valence-electron chi connectivity index (χ4n) is 1.36. The number of para-hydroxylation sites is 1. The number of benzene rings is 1. The molecule has 1 aromatic carbocycles. The molecule has 0 saturated carbocycles. The number of amides is 3. The predicted molar refractivity (Wildman–Crippen MR) is 65.2 cm³/mol. The number of primary amides is 1. The molecule has 92 valence electrons. The Morgan fingerprint density at radius 1 is 1.35 bits per heavy atom. The first-order valence-corrected chi connectivity index (χ1v) is 5.23. The molecule has 1 aromatic rings. The van der Waals surface area contributed by atoms with Gasteiger partial charge in [-0.3, -0.25) is 4.79 Å². The Morgan fingerprint density at radius 3 is 2.53 bits per heavy atom. The summed E-state index contributed by atoms with van der Waals surface area (Å²) in [6.07, 6.45) is 0. The van der Waals surface area contributed by atoms with Crippen molar-refractivity contribution in [2.75, 3.05) is 18.9 Å². The van der Waals surface area contributed by atoms with Gasteiger partial charge in [-0.15, -0.1) is 0 Å². The van der Waals surface area contributed by atoms with Crippen molar-refractivity contribution < 1.29 is 9.59 Å². The summed E-state index contributed by atoms with van der Waals surface area (Å²) in [5, 5.41) is 2.37. The monoisotopic (exact) mass is 236 g/mol. The maximum absolute atomic E-state index is 12.1. The lowest BCUT2D eigenvalue weighted by Crippen LogP contribution is -2.43. The van der Waals surface area contributed by atoms with E-state index in [-0.39, 0.29) is 12.6 Å². The van der Waals surface area contributed by atoms with Crippen LogP contribution in [0.4, 0.5) is 10.5 Å². The summed E-state index contributed by atoms with van der Waals surface area (Å²) in [4.78, 5) is 24.1. The van der Waals surface area contributed by atoms with Crippen LogP contribution in [0.1, 0.15) is 17.3 Å². The molecule has 3 amide bonds. The fraction of sp³-hybridized carbons (Fsp3) is 0.273. The fourth-order valence-corrected chi connectivity index (χ4v) is 1.36. The molecule has 0 radical (unpaired) electrons. The minimum atomic E-state index is -0.669. The lowest BCUT2D eigenvalue weighted by molar-refractivity contribution is 0.0758. The van der Waals surface area contributed by atoms with Crippen molar-refractivity contribution in [1.82, 2.24) is 10.2 Å². The van der Waals surface area contributed by atoms with E-state index in [0.29, 0.717) is 17.8 Å². The predicted octanol–water partition coefficient (Wildman–Crippen LogP) is 0.357. The second-order valence-electron chi connectivity index (χ2n) is 3.45. The minimum absolute atomic E-state index is 0.0685. The number of anilines is 1. The summed E-state index contributed by atoms with van der Waals surface area (Å²) in [7, 11) is 0. The van der Waals surface area contributed by atoms with Gasteiger partial charge in [0.05, 0.1) is 12.2 Å². The van der Waals surface area contributed by atoms with Gasteiger partial charge in [0.1, 0.15) is 0 Å². The second kappa shape index (κ2) is 5.74. The summed E-state index contributed by atoms with van der Waals surface area (Å²) >= 11 is 0. The molecule has 17 heavy (non-hydrogen) atoms. The highest BCUT2D eigenvalue weighted by Crippen LogP contribution is 2.12. The average Bonchev–Trinajstić information content (AvgIpc) is 2.29. The molecule has 0 spiro atoms. The van der Waals surface area contributed by atoms with Gasteiger partial charge in [0.15, 0.2) is 0 Å². The van der Waals surface area contributed by atoms with E-state index < -0.39 is 6.03 Å². The molecule has 0 bridgehead atoms. The minimum Gasteiger partial charge on any atom is -0.398 e. The highest BCUT2D eigenvalue weighted by Gasteiger charge is 2.16. The van der Waals surface area contributed by atoms with Gasteiger partial charge < -0.3 is 21.7 Å². The van der Waals surface area contributed by atoms with Crippen molar-refractivity contribution in [2.45, 2.75) is 6.92 Å². The second-order valence-corrected chi connectivity index (χ2v) is 3.45. The van der Waals surface area contributed by atoms with Gasteiger partial charge in [0.2, 0.25) is 0 Å². The van der Waals surface area contributed by atoms with E-state index in [2.05, 4.69) is 5.32 Å². The number of carbonyl (C=O) groups excluding carboxylic acids is 2. The zero-order valence-corrected chi connectivity index (χ0v) is 9.64. The molecule has 5 N–H and O–H groups in total. The van der Waals surface area contributed by atoms with Crippen LogP contribution in [-0.4, -0.2) is 30.1 Å². The summed E-state index contributed by atoms with van der Waals surface area (Å²) < 4.78 is 0. The molecule has 0 aromatic heterocycles. The molecular weight excluding hydrogens is 220 g/mol. The summed E-state index contributed by atoms with van der Waals surface area (Å²) in [6.45, 7) is 2.33. The molecule has 0 aliphatic carbocycles. The van der Waals surface area contributed by atoms with Crippen LogP contribution in [0.2, 0.25) is 0 Å². The normalized spacial score (nSPS) is 9.71. The van der Waals surface area contributed by atoms with E-state index in [9.17, 15) is 9.59 Å². The summed E-state index contributed by atoms with van der Waals surface area (Å²) in [6, 6.07) is 6.12. The van der Waals surface area contributed by atoms with Crippen LogP contribution >= 0.6 is 0 Å². The number of nitrogens with zero attached hydrogens (tertiary/aromatic N) is 1. The van der Waals surface area contributed by atoms with Crippen LogP contribution in [-0.2, 0) is 0 Å². The van der Waals surface area contributed by atoms with Crippen molar-refractivity contribution in [3.63, 3.8) is 0 Å². The molecule has 0 aliphatic heterocycles. The average molecular weight is 236 g/mol. The number of carbonyl (C=O) groups is 2. The maximum Gasteiger partial charge on any atom is 0.313 e. The first kappa shape index (κ1) is 12.8. The largest absolute Gasteiger partial charge is 0.398 e. The third kappa shape index (κ3) is 3.37. The summed E-state index contributed by atoms with van der Waals surface area (Å²) in [5.74, 6) is -0.237. The first-order chi connectivity index (χ1) is 8.06. The molecule has 0 aliphatic rings. The Balaban J connectivity index is 2.79. The SMILES string of the molecule is CCN(CNC(N)=O)C(=O)c1ccccc1N.